The molecule has 8 heteroatoms. The summed E-state index contributed by atoms with van der Waals surface area (Å²) in [6, 6.07) is 11.9. The van der Waals surface area contributed by atoms with Crippen molar-refractivity contribution in [3.63, 3.8) is 0 Å². The molecule has 2 aromatic carbocycles. The van der Waals surface area contributed by atoms with E-state index in [2.05, 4.69) is 10.7 Å². The zero-order chi connectivity index (χ0) is 18.0. The van der Waals surface area contributed by atoms with Crippen molar-refractivity contribution in [2.75, 3.05) is 10.3 Å². The van der Waals surface area contributed by atoms with Gasteiger partial charge in [-0.1, -0.05) is 41.4 Å². The maximum atomic E-state index is 11.7. The number of rotatable bonds is 3. The van der Waals surface area contributed by atoms with E-state index in [1.807, 2.05) is 30.3 Å². The minimum atomic E-state index is -0.947. The Balaban J connectivity index is 1.89. The number of benzene rings is 2. The molecule has 0 fully saturated rings. The third-order valence-electron chi connectivity index (χ3n) is 3.91. The fourth-order valence-electron chi connectivity index (χ4n) is 2.79. The predicted molar refractivity (Wildman–Crippen MR) is 104 cm³/mol. The van der Waals surface area contributed by atoms with Crippen molar-refractivity contribution < 1.29 is 9.90 Å². The Hall–Kier alpha value is -2.02. The Labute approximate surface area is 160 Å². The summed E-state index contributed by atoms with van der Waals surface area (Å²) in [6.07, 6.45) is 0.962. The Bertz CT molecular complexity index is 817. The normalized spacial score (nSPS) is 16.1. The highest BCUT2D eigenvalue weighted by molar-refractivity contribution is 7.80. The molecule has 1 aliphatic heterocycles. The molecule has 0 radical (unpaired) electrons. The van der Waals surface area contributed by atoms with Gasteiger partial charge in [0.05, 0.1) is 5.69 Å². The van der Waals surface area contributed by atoms with Gasteiger partial charge in [-0.05, 0) is 54.9 Å². The average molecular weight is 396 g/mol. The standard InChI is InChI=1S/C17H15Cl2N3O2S/c18-10-8-13(19)12-6-7-14(16(23)24)22(15(12)9-10)21-17(25)20-11-4-2-1-3-5-11/h1-5,8-9,14H,6-7H2,(H,23,24)(H2,20,21,25). The van der Waals surface area contributed by atoms with Crippen LogP contribution in [0.4, 0.5) is 11.4 Å². The Morgan fingerprint density at radius 3 is 2.64 bits per heavy atom. The fourth-order valence-corrected chi connectivity index (χ4v) is 3.59. The van der Waals surface area contributed by atoms with Gasteiger partial charge in [0.1, 0.15) is 6.04 Å². The van der Waals surface area contributed by atoms with Gasteiger partial charge in [0.15, 0.2) is 5.11 Å². The molecule has 5 nitrogen and oxygen atoms in total. The molecule has 1 aliphatic rings. The third-order valence-corrected chi connectivity index (χ3v) is 4.66. The molecule has 3 rings (SSSR count). The van der Waals surface area contributed by atoms with Gasteiger partial charge in [0.25, 0.3) is 0 Å². The van der Waals surface area contributed by atoms with Gasteiger partial charge in [-0.3, -0.25) is 10.4 Å². The quantitative estimate of drug-likeness (QED) is 0.679. The van der Waals surface area contributed by atoms with Crippen LogP contribution in [0.2, 0.25) is 10.0 Å². The van der Waals surface area contributed by atoms with Gasteiger partial charge in [-0.15, -0.1) is 0 Å². The second kappa shape index (κ2) is 7.47. The summed E-state index contributed by atoms with van der Waals surface area (Å²) in [6.45, 7) is 0. The van der Waals surface area contributed by atoms with E-state index in [0.717, 1.165) is 11.3 Å². The number of carbonyl (C=O) groups is 1. The summed E-state index contributed by atoms with van der Waals surface area (Å²) in [5.74, 6) is -0.947. The molecule has 25 heavy (non-hydrogen) atoms. The van der Waals surface area contributed by atoms with Crippen molar-refractivity contribution in [2.24, 2.45) is 0 Å². The second-order valence-corrected chi connectivity index (χ2v) is 6.83. The smallest absolute Gasteiger partial charge is 0.328 e. The van der Waals surface area contributed by atoms with Crippen LogP contribution in [0.15, 0.2) is 42.5 Å². The minimum absolute atomic E-state index is 0.279. The zero-order valence-electron chi connectivity index (χ0n) is 13.0. The monoisotopic (exact) mass is 395 g/mol. The van der Waals surface area contributed by atoms with Crippen LogP contribution in [0, 0.1) is 0 Å². The molecule has 130 valence electrons. The number of fused-ring (bicyclic) bond motifs is 1. The molecule has 0 spiro atoms. The van der Waals surface area contributed by atoms with Crippen LogP contribution in [-0.2, 0) is 11.2 Å². The number of anilines is 2. The number of nitrogens with zero attached hydrogens (tertiary/aromatic N) is 1. The maximum Gasteiger partial charge on any atom is 0.328 e. The van der Waals surface area contributed by atoms with Crippen molar-refractivity contribution in [1.82, 2.24) is 5.43 Å². The van der Waals surface area contributed by atoms with E-state index in [4.69, 9.17) is 35.4 Å². The molecule has 0 saturated heterocycles. The number of hydrazine groups is 1. The number of para-hydroxylation sites is 1. The molecule has 0 aromatic heterocycles. The number of carboxylic acid groups (broad SMARTS) is 1. The fraction of sp³-hybridized carbons (Fsp3) is 0.176. The first-order valence-corrected chi connectivity index (χ1v) is 8.75. The number of nitrogens with one attached hydrogen (secondary N) is 2. The summed E-state index contributed by atoms with van der Waals surface area (Å²) in [7, 11) is 0. The number of aliphatic carboxylic acids is 1. The first-order valence-electron chi connectivity index (χ1n) is 7.58. The lowest BCUT2D eigenvalue weighted by Gasteiger charge is -2.37. The highest BCUT2D eigenvalue weighted by Gasteiger charge is 2.33. The lowest BCUT2D eigenvalue weighted by Crippen LogP contribution is -2.55. The number of hydrogen-bond acceptors (Lipinski definition) is 3. The van der Waals surface area contributed by atoms with Crippen molar-refractivity contribution in [1.29, 1.82) is 0 Å². The molecule has 0 saturated carbocycles. The number of thiocarbonyl (C=S) groups is 1. The summed E-state index contributed by atoms with van der Waals surface area (Å²) >= 11 is 17.7. The first kappa shape index (κ1) is 17.8. The van der Waals surface area contributed by atoms with E-state index in [0.29, 0.717) is 28.6 Å². The van der Waals surface area contributed by atoms with Crippen LogP contribution in [0.5, 0.6) is 0 Å². The van der Waals surface area contributed by atoms with Crippen molar-refractivity contribution in [2.45, 2.75) is 18.9 Å². The van der Waals surface area contributed by atoms with Gasteiger partial charge in [0.2, 0.25) is 0 Å². The Morgan fingerprint density at radius 1 is 1.24 bits per heavy atom. The average Bonchev–Trinajstić information content (AvgIpc) is 2.56. The van der Waals surface area contributed by atoms with Crippen molar-refractivity contribution >= 4 is 57.9 Å². The molecule has 3 N–H and O–H groups in total. The highest BCUT2D eigenvalue weighted by atomic mass is 35.5. The molecule has 0 aliphatic carbocycles. The van der Waals surface area contributed by atoms with Crippen LogP contribution in [0.25, 0.3) is 0 Å². The van der Waals surface area contributed by atoms with Crippen LogP contribution < -0.4 is 15.8 Å². The third kappa shape index (κ3) is 3.98. The topological polar surface area (TPSA) is 64.6 Å². The maximum absolute atomic E-state index is 11.7. The molecule has 0 bridgehead atoms. The minimum Gasteiger partial charge on any atom is -0.480 e. The van der Waals surface area contributed by atoms with Crippen LogP contribution >= 0.6 is 35.4 Å². The van der Waals surface area contributed by atoms with E-state index in [9.17, 15) is 9.90 Å². The van der Waals surface area contributed by atoms with Crippen LogP contribution in [0.1, 0.15) is 12.0 Å². The first-order chi connectivity index (χ1) is 12.0. The number of halogens is 2. The molecule has 1 unspecified atom stereocenters. The molecular weight excluding hydrogens is 381 g/mol. The molecule has 2 aromatic rings. The lowest BCUT2D eigenvalue weighted by molar-refractivity contribution is -0.139. The van der Waals surface area contributed by atoms with Gasteiger partial charge in [-0.2, -0.15) is 0 Å². The molecule has 1 heterocycles. The summed E-state index contributed by atoms with van der Waals surface area (Å²) in [5, 5.41) is 15.3. The highest BCUT2D eigenvalue weighted by Crippen LogP contribution is 2.37. The van der Waals surface area contributed by atoms with Gasteiger partial charge in [0, 0.05) is 15.7 Å². The lowest BCUT2D eigenvalue weighted by atomic mass is 9.97. The Morgan fingerprint density at radius 2 is 1.96 bits per heavy atom. The van der Waals surface area contributed by atoms with Crippen LogP contribution in [0.3, 0.4) is 0 Å². The molecular formula is C17H15Cl2N3O2S. The number of hydrogen-bond donors (Lipinski definition) is 3. The van der Waals surface area contributed by atoms with E-state index in [1.165, 1.54) is 5.01 Å². The van der Waals surface area contributed by atoms with E-state index in [-0.39, 0.29) is 5.11 Å². The summed E-state index contributed by atoms with van der Waals surface area (Å²) in [5.41, 5.74) is 5.23. The largest absolute Gasteiger partial charge is 0.480 e. The van der Waals surface area contributed by atoms with E-state index < -0.39 is 12.0 Å². The summed E-state index contributed by atoms with van der Waals surface area (Å²) in [4.78, 5) is 11.7. The number of carboxylic acids is 1. The molecule has 1 atom stereocenters. The van der Waals surface area contributed by atoms with Crippen molar-refractivity contribution in [3.8, 4) is 0 Å². The van der Waals surface area contributed by atoms with Crippen molar-refractivity contribution in [3.05, 3.63) is 58.1 Å². The van der Waals surface area contributed by atoms with E-state index >= 15 is 0 Å². The SMILES string of the molecule is O=C(O)C1CCc2c(Cl)cc(Cl)cc2N1NC(=S)Nc1ccccc1. The van der Waals surface area contributed by atoms with Gasteiger partial charge < -0.3 is 10.4 Å². The van der Waals surface area contributed by atoms with Gasteiger partial charge >= 0.3 is 5.97 Å². The molecule has 0 amide bonds. The van der Waals surface area contributed by atoms with E-state index in [1.54, 1.807) is 12.1 Å². The second-order valence-electron chi connectivity index (χ2n) is 5.58. The van der Waals surface area contributed by atoms with Crippen LogP contribution in [-0.4, -0.2) is 22.2 Å². The summed E-state index contributed by atoms with van der Waals surface area (Å²) < 4.78 is 0. The zero-order valence-corrected chi connectivity index (χ0v) is 15.3. The predicted octanol–water partition coefficient (Wildman–Crippen LogP) is 4.10. The van der Waals surface area contributed by atoms with Gasteiger partial charge in [-0.25, -0.2) is 4.79 Å². The Kier molecular flexibility index (Phi) is 5.32.